The summed E-state index contributed by atoms with van der Waals surface area (Å²) in [6.45, 7) is 13.5. The smallest absolute Gasteiger partial charge is 0.321 e. The molecule has 0 unspecified atom stereocenters. The van der Waals surface area contributed by atoms with Gasteiger partial charge >= 0.3 is 6.03 Å². The van der Waals surface area contributed by atoms with Gasteiger partial charge in [-0.15, -0.1) is 0 Å². The van der Waals surface area contributed by atoms with Crippen molar-refractivity contribution in [1.82, 2.24) is 9.80 Å². The average molecular weight is 373 g/mol. The number of benzene rings is 1. The minimum atomic E-state index is -0.188. The highest BCUT2D eigenvalue weighted by Gasteiger charge is 2.36. The van der Waals surface area contributed by atoms with Crippen molar-refractivity contribution in [2.45, 2.75) is 39.7 Å². The van der Waals surface area contributed by atoms with E-state index >= 15 is 0 Å². The van der Waals surface area contributed by atoms with Gasteiger partial charge in [-0.2, -0.15) is 0 Å². The Bertz CT molecular complexity index is 692. The Labute approximate surface area is 162 Å². The minimum absolute atomic E-state index is 0.158. The average Bonchev–Trinajstić information content (AvgIpc) is 2.94. The van der Waals surface area contributed by atoms with Crippen LogP contribution in [0.4, 0.5) is 10.5 Å². The lowest BCUT2D eigenvalue weighted by atomic mass is 10.1. The van der Waals surface area contributed by atoms with Gasteiger partial charge < -0.3 is 19.9 Å². The Morgan fingerprint density at radius 2 is 1.96 bits per heavy atom. The maximum absolute atomic E-state index is 12.4. The quantitative estimate of drug-likeness (QED) is 0.773. The number of rotatable bonds is 6. The first-order valence-corrected chi connectivity index (χ1v) is 9.26. The zero-order valence-electron chi connectivity index (χ0n) is 17.0. The largest absolute Gasteiger partial charge is 0.489 e. The van der Waals surface area contributed by atoms with E-state index in [-0.39, 0.29) is 23.4 Å². The first kappa shape index (κ1) is 20.8. The lowest BCUT2D eigenvalue weighted by Crippen LogP contribution is -2.43. The van der Waals surface area contributed by atoms with E-state index in [1.165, 1.54) is 0 Å². The molecule has 6 nitrogen and oxygen atoms in total. The second kappa shape index (κ2) is 8.46. The van der Waals surface area contributed by atoms with Gasteiger partial charge in [0, 0.05) is 43.7 Å². The van der Waals surface area contributed by atoms with Crippen molar-refractivity contribution in [3.63, 3.8) is 0 Å². The molecule has 0 spiro atoms. The van der Waals surface area contributed by atoms with Crippen molar-refractivity contribution in [2.75, 3.05) is 32.1 Å². The van der Waals surface area contributed by atoms with Gasteiger partial charge in [0.25, 0.3) is 0 Å². The molecule has 0 radical (unpaired) electrons. The Hall–Kier alpha value is -2.50. The highest BCUT2D eigenvalue weighted by molar-refractivity contribution is 5.89. The number of carbonyl (C=O) groups is 2. The molecule has 0 saturated carbocycles. The predicted octanol–water partition coefficient (Wildman–Crippen LogP) is 3.75. The summed E-state index contributed by atoms with van der Waals surface area (Å²) in [5.41, 5.74) is 1.47. The first-order chi connectivity index (χ1) is 12.6. The van der Waals surface area contributed by atoms with Gasteiger partial charge in [-0.25, -0.2) is 4.79 Å². The number of urea groups is 1. The van der Waals surface area contributed by atoms with Gasteiger partial charge in [0.15, 0.2) is 0 Å². The Morgan fingerprint density at radius 3 is 2.48 bits per heavy atom. The summed E-state index contributed by atoms with van der Waals surface area (Å²) < 4.78 is 5.55. The molecule has 6 heteroatoms. The molecule has 27 heavy (non-hydrogen) atoms. The normalized spacial score (nSPS) is 17.0. The minimum Gasteiger partial charge on any atom is -0.489 e. The first-order valence-electron chi connectivity index (χ1n) is 9.26. The van der Waals surface area contributed by atoms with Gasteiger partial charge in [0.1, 0.15) is 12.4 Å². The van der Waals surface area contributed by atoms with E-state index in [0.717, 1.165) is 11.3 Å². The van der Waals surface area contributed by atoms with Crippen LogP contribution in [0, 0.1) is 5.92 Å². The summed E-state index contributed by atoms with van der Waals surface area (Å²) in [5, 5.41) is 2.88. The highest BCUT2D eigenvalue weighted by atomic mass is 16.5. The van der Waals surface area contributed by atoms with Crippen LogP contribution in [-0.2, 0) is 4.79 Å². The molecular formula is C21H31N3O3. The molecule has 3 amide bonds. The molecule has 148 valence electrons. The molecule has 0 bridgehead atoms. The lowest BCUT2D eigenvalue weighted by molar-refractivity contribution is -0.131. The Kier molecular flexibility index (Phi) is 6.52. The summed E-state index contributed by atoms with van der Waals surface area (Å²) in [6, 6.07) is 7.05. The number of hydrogen-bond donors (Lipinski definition) is 1. The van der Waals surface area contributed by atoms with E-state index in [1.54, 1.807) is 24.1 Å². The molecule has 1 aliphatic heterocycles. The molecular weight excluding hydrogens is 342 g/mol. The van der Waals surface area contributed by atoms with Crippen LogP contribution in [0.15, 0.2) is 36.4 Å². The molecule has 1 aromatic carbocycles. The zero-order chi connectivity index (χ0) is 20.2. The second-order valence-electron chi connectivity index (χ2n) is 8.33. The van der Waals surface area contributed by atoms with Crippen LogP contribution in [0.5, 0.6) is 5.75 Å². The van der Waals surface area contributed by atoms with Gasteiger partial charge in [-0.05, 0) is 57.5 Å². The molecule has 0 aromatic heterocycles. The van der Waals surface area contributed by atoms with Crippen LogP contribution in [0.2, 0.25) is 0 Å². The molecule has 1 heterocycles. The maximum atomic E-state index is 12.4. The van der Waals surface area contributed by atoms with Crippen LogP contribution in [0.25, 0.3) is 0 Å². The molecule has 1 fully saturated rings. The summed E-state index contributed by atoms with van der Waals surface area (Å²) in [7, 11) is 1.75. The lowest BCUT2D eigenvalue weighted by Gasteiger charge is -2.32. The molecule has 1 saturated heterocycles. The van der Waals surface area contributed by atoms with E-state index in [0.29, 0.717) is 31.8 Å². The molecule has 1 atom stereocenters. The fourth-order valence-electron chi connectivity index (χ4n) is 3.08. The number of hydrogen-bond acceptors (Lipinski definition) is 3. The van der Waals surface area contributed by atoms with Crippen LogP contribution in [0.1, 0.15) is 34.1 Å². The fourth-order valence-corrected chi connectivity index (χ4v) is 3.08. The summed E-state index contributed by atoms with van der Waals surface area (Å²) in [5.74, 6) is 1.05. The van der Waals surface area contributed by atoms with Gasteiger partial charge in [-0.1, -0.05) is 6.58 Å². The Morgan fingerprint density at radius 1 is 1.33 bits per heavy atom. The van der Waals surface area contributed by atoms with E-state index in [9.17, 15) is 9.59 Å². The second-order valence-corrected chi connectivity index (χ2v) is 8.33. The van der Waals surface area contributed by atoms with Gasteiger partial charge in [-0.3, -0.25) is 4.79 Å². The molecule has 1 aliphatic rings. The zero-order valence-corrected chi connectivity index (χ0v) is 17.0. The number of nitrogens with one attached hydrogen (secondary N) is 1. The van der Waals surface area contributed by atoms with Gasteiger partial charge in [0.05, 0.1) is 0 Å². The molecule has 0 aliphatic carbocycles. The number of anilines is 1. The van der Waals surface area contributed by atoms with Crippen molar-refractivity contribution in [2.24, 2.45) is 5.92 Å². The molecule has 1 N–H and O–H groups in total. The SMILES string of the molecule is C=C(C)COc1ccc(NC(=O)N(C)C[C@@H]2CC(=O)N(C(C)(C)C)C2)cc1. The molecule has 2 rings (SSSR count). The van der Waals surface area contributed by atoms with Crippen molar-refractivity contribution in [3.05, 3.63) is 36.4 Å². The number of nitrogens with zero attached hydrogens (tertiary/aromatic N) is 2. The third-order valence-corrected chi connectivity index (χ3v) is 4.48. The summed E-state index contributed by atoms with van der Waals surface area (Å²) in [6.07, 6.45) is 0.490. The van der Waals surface area contributed by atoms with Crippen molar-refractivity contribution >= 4 is 17.6 Å². The standard InChI is InChI=1S/C21H31N3O3/c1-15(2)14-27-18-9-7-17(8-10-18)22-20(26)23(6)12-16-11-19(25)24(13-16)21(3,4)5/h7-10,16H,1,11-14H2,2-6H3,(H,22,26)/t16-/m0/s1. The highest BCUT2D eigenvalue weighted by Crippen LogP contribution is 2.26. The fraction of sp³-hybridized carbons (Fsp3) is 0.524. The topological polar surface area (TPSA) is 61.9 Å². The van der Waals surface area contributed by atoms with Crippen molar-refractivity contribution in [3.8, 4) is 5.75 Å². The van der Waals surface area contributed by atoms with Crippen LogP contribution in [0.3, 0.4) is 0 Å². The number of ether oxygens (including phenoxy) is 1. The van der Waals surface area contributed by atoms with E-state index in [1.807, 2.05) is 44.7 Å². The maximum Gasteiger partial charge on any atom is 0.321 e. The van der Waals surface area contributed by atoms with Crippen molar-refractivity contribution in [1.29, 1.82) is 0 Å². The van der Waals surface area contributed by atoms with E-state index < -0.39 is 0 Å². The van der Waals surface area contributed by atoms with Gasteiger partial charge in [0.2, 0.25) is 5.91 Å². The number of amides is 3. The Balaban J connectivity index is 1.85. The predicted molar refractivity (Wildman–Crippen MR) is 108 cm³/mol. The third kappa shape index (κ3) is 6.01. The van der Waals surface area contributed by atoms with Crippen LogP contribution < -0.4 is 10.1 Å². The third-order valence-electron chi connectivity index (χ3n) is 4.48. The summed E-state index contributed by atoms with van der Waals surface area (Å²) >= 11 is 0. The van der Waals surface area contributed by atoms with E-state index in [4.69, 9.17) is 4.74 Å². The number of carbonyl (C=O) groups excluding carboxylic acids is 2. The van der Waals surface area contributed by atoms with Crippen LogP contribution in [-0.4, -0.2) is 54.0 Å². The van der Waals surface area contributed by atoms with Crippen LogP contribution >= 0.6 is 0 Å². The number of likely N-dealkylation sites (tertiary alicyclic amines) is 1. The summed E-state index contributed by atoms with van der Waals surface area (Å²) in [4.78, 5) is 28.2. The van der Waals surface area contributed by atoms with Crippen molar-refractivity contribution < 1.29 is 14.3 Å². The van der Waals surface area contributed by atoms with E-state index in [2.05, 4.69) is 11.9 Å². The molecule has 1 aromatic rings. The monoisotopic (exact) mass is 373 g/mol.